The third-order valence-corrected chi connectivity index (χ3v) is 8.31. The Bertz CT molecular complexity index is 1340. The van der Waals surface area contributed by atoms with Crippen LogP contribution in [0.2, 0.25) is 0 Å². The molecule has 0 spiro atoms. The molecular weight excluding hydrogens is 494 g/mol. The van der Waals surface area contributed by atoms with Crippen LogP contribution in [-0.2, 0) is 26.5 Å². The van der Waals surface area contributed by atoms with Gasteiger partial charge in [0.25, 0.3) is 5.91 Å². The Balaban J connectivity index is 1.91. The summed E-state index contributed by atoms with van der Waals surface area (Å²) < 4.78 is 50.9. The van der Waals surface area contributed by atoms with Gasteiger partial charge in [-0.2, -0.15) is 9.30 Å². The first kappa shape index (κ1) is 26.8. The van der Waals surface area contributed by atoms with Gasteiger partial charge in [-0.15, -0.1) is 0 Å². The largest absolute Gasteiger partial charge is 0.497 e. The lowest BCUT2D eigenvalue weighted by Gasteiger charge is -2.21. The van der Waals surface area contributed by atoms with Gasteiger partial charge in [-0.1, -0.05) is 11.3 Å². The van der Waals surface area contributed by atoms with Crippen LogP contribution in [0, 0.1) is 0 Å². The quantitative estimate of drug-likeness (QED) is 0.379. The number of aromatic nitrogens is 1. The number of aryl methyl sites for hydroxylation is 1. The fourth-order valence-electron chi connectivity index (χ4n) is 3.41. The van der Waals surface area contributed by atoms with Crippen molar-refractivity contribution in [1.29, 1.82) is 0 Å². The Morgan fingerprint density at radius 3 is 2.17 bits per heavy atom. The van der Waals surface area contributed by atoms with Crippen LogP contribution in [0.3, 0.4) is 0 Å². The van der Waals surface area contributed by atoms with Gasteiger partial charge < -0.3 is 23.5 Å². The molecule has 1 heterocycles. The SMILES string of the molecule is COCCN(CCOC)S(=O)(=O)c1ccc(C(=O)N=c2sc3cc(OC)cc(OC)c3n2C)cc1. The Labute approximate surface area is 208 Å². The summed E-state index contributed by atoms with van der Waals surface area (Å²) in [5.41, 5.74) is 1.06. The molecule has 0 saturated carbocycles. The van der Waals surface area contributed by atoms with Gasteiger partial charge >= 0.3 is 0 Å². The van der Waals surface area contributed by atoms with E-state index in [0.29, 0.717) is 16.3 Å². The molecule has 10 nitrogen and oxygen atoms in total. The first-order chi connectivity index (χ1) is 16.8. The van der Waals surface area contributed by atoms with Crippen molar-refractivity contribution >= 4 is 37.5 Å². The van der Waals surface area contributed by atoms with Crippen LogP contribution >= 0.6 is 11.3 Å². The smallest absolute Gasteiger partial charge is 0.279 e. The van der Waals surface area contributed by atoms with Crippen molar-refractivity contribution in [3.63, 3.8) is 0 Å². The number of hydrogen-bond acceptors (Lipinski definition) is 8. The maximum Gasteiger partial charge on any atom is 0.279 e. The van der Waals surface area contributed by atoms with E-state index in [-0.39, 0.29) is 36.8 Å². The predicted octanol–water partition coefficient (Wildman–Crippen LogP) is 2.28. The molecule has 0 atom stereocenters. The molecule has 0 N–H and O–H groups in total. The van der Waals surface area contributed by atoms with Crippen LogP contribution in [0.4, 0.5) is 0 Å². The highest BCUT2D eigenvalue weighted by molar-refractivity contribution is 7.89. The topological polar surface area (TPSA) is 109 Å². The molecule has 3 rings (SSSR count). The van der Waals surface area contributed by atoms with Crippen LogP contribution in [0.15, 0.2) is 46.3 Å². The zero-order chi connectivity index (χ0) is 25.6. The van der Waals surface area contributed by atoms with Crippen LogP contribution in [0.25, 0.3) is 10.2 Å². The molecule has 1 amide bonds. The van der Waals surface area contributed by atoms with Crippen LogP contribution < -0.4 is 14.3 Å². The molecule has 1 aromatic heterocycles. The fraction of sp³-hybridized carbons (Fsp3) is 0.391. The number of nitrogens with zero attached hydrogens (tertiary/aromatic N) is 3. The standard InChI is InChI=1S/C23H29N3O7S2/c1-25-21-19(33-5)14-17(32-4)15-20(21)34-23(25)24-22(27)16-6-8-18(9-7-16)35(28,29)26(10-12-30-2)11-13-31-3/h6-9,14-15H,10-13H2,1-5H3. The molecule has 35 heavy (non-hydrogen) atoms. The number of methoxy groups -OCH3 is 4. The number of carbonyl (C=O) groups is 1. The summed E-state index contributed by atoms with van der Waals surface area (Å²) in [6, 6.07) is 9.35. The molecule has 0 aliphatic heterocycles. The van der Waals surface area contributed by atoms with Crippen LogP contribution in [0.1, 0.15) is 10.4 Å². The molecule has 0 aliphatic carbocycles. The van der Waals surface area contributed by atoms with Gasteiger partial charge in [0, 0.05) is 46.0 Å². The van der Waals surface area contributed by atoms with Crippen molar-refractivity contribution in [2.75, 3.05) is 54.7 Å². The average molecular weight is 524 g/mol. The highest BCUT2D eigenvalue weighted by Crippen LogP contribution is 2.32. The van der Waals surface area contributed by atoms with Gasteiger partial charge in [0.15, 0.2) is 4.80 Å². The van der Waals surface area contributed by atoms with Gasteiger partial charge in [-0.05, 0) is 30.3 Å². The van der Waals surface area contributed by atoms with Gasteiger partial charge in [0.05, 0.1) is 37.0 Å². The lowest BCUT2D eigenvalue weighted by Crippen LogP contribution is -2.36. The van der Waals surface area contributed by atoms with E-state index in [1.165, 1.54) is 54.1 Å². The summed E-state index contributed by atoms with van der Waals surface area (Å²) in [5.74, 6) is 0.752. The second kappa shape index (κ2) is 11.8. The van der Waals surface area contributed by atoms with Gasteiger partial charge in [-0.25, -0.2) is 8.42 Å². The van der Waals surface area contributed by atoms with Gasteiger partial charge in [-0.3, -0.25) is 4.79 Å². The number of hydrogen-bond donors (Lipinski definition) is 0. The summed E-state index contributed by atoms with van der Waals surface area (Å²) in [7, 11) is 4.17. The zero-order valence-corrected chi connectivity index (χ0v) is 21.9. The minimum atomic E-state index is -3.78. The number of fused-ring (bicyclic) bond motifs is 1. The van der Waals surface area contributed by atoms with E-state index in [2.05, 4.69) is 4.99 Å². The van der Waals surface area contributed by atoms with Crippen molar-refractivity contribution in [3.8, 4) is 11.5 Å². The van der Waals surface area contributed by atoms with E-state index in [1.807, 2.05) is 6.07 Å². The van der Waals surface area contributed by atoms with E-state index in [0.717, 1.165) is 10.2 Å². The lowest BCUT2D eigenvalue weighted by molar-refractivity contribution is 0.0998. The maximum absolute atomic E-state index is 13.1. The fourth-order valence-corrected chi connectivity index (χ4v) is 5.88. The molecule has 3 aromatic rings. The number of ether oxygens (including phenoxy) is 4. The number of carbonyl (C=O) groups excluding carboxylic acids is 1. The normalized spacial score (nSPS) is 12.5. The zero-order valence-electron chi connectivity index (χ0n) is 20.3. The Kier molecular flexibility index (Phi) is 9.03. The summed E-state index contributed by atoms with van der Waals surface area (Å²) in [5, 5.41) is 0. The Morgan fingerprint density at radius 2 is 1.63 bits per heavy atom. The number of sulfonamides is 1. The summed E-state index contributed by atoms with van der Waals surface area (Å²) >= 11 is 1.32. The summed E-state index contributed by atoms with van der Waals surface area (Å²) in [6.07, 6.45) is 0. The maximum atomic E-state index is 13.1. The third-order valence-electron chi connectivity index (χ3n) is 5.32. The van der Waals surface area contributed by atoms with Gasteiger partial charge in [0.2, 0.25) is 10.0 Å². The highest BCUT2D eigenvalue weighted by atomic mass is 32.2. The van der Waals surface area contributed by atoms with Crippen molar-refractivity contribution in [2.24, 2.45) is 12.0 Å². The van der Waals surface area contributed by atoms with Crippen LogP contribution in [0.5, 0.6) is 11.5 Å². The first-order valence-electron chi connectivity index (χ1n) is 10.7. The molecule has 12 heteroatoms. The third kappa shape index (κ3) is 5.90. The van der Waals surface area contributed by atoms with Crippen LogP contribution in [-0.4, -0.2) is 77.9 Å². The number of thiazole rings is 1. The molecule has 2 aromatic carbocycles. The number of rotatable bonds is 11. The Morgan fingerprint density at radius 1 is 1.00 bits per heavy atom. The minimum absolute atomic E-state index is 0.0745. The number of benzene rings is 2. The average Bonchev–Trinajstić information content (AvgIpc) is 3.18. The molecule has 0 aliphatic rings. The van der Waals surface area contributed by atoms with Crippen molar-refractivity contribution in [3.05, 3.63) is 46.8 Å². The predicted molar refractivity (Wildman–Crippen MR) is 133 cm³/mol. The molecule has 0 fully saturated rings. The van der Waals surface area contributed by atoms with E-state index in [9.17, 15) is 13.2 Å². The molecule has 190 valence electrons. The molecule has 0 saturated heterocycles. The monoisotopic (exact) mass is 523 g/mol. The minimum Gasteiger partial charge on any atom is -0.497 e. The molecular formula is C23H29N3O7S2. The summed E-state index contributed by atoms with van der Waals surface area (Å²) in [4.78, 5) is 17.7. The van der Waals surface area contributed by atoms with Crippen molar-refractivity contribution in [1.82, 2.24) is 8.87 Å². The van der Waals surface area contributed by atoms with E-state index < -0.39 is 15.9 Å². The summed E-state index contributed by atoms with van der Waals surface area (Å²) in [6.45, 7) is 0.881. The first-order valence-corrected chi connectivity index (χ1v) is 12.9. The second-order valence-electron chi connectivity index (χ2n) is 7.45. The number of amides is 1. The lowest BCUT2D eigenvalue weighted by atomic mass is 10.2. The second-order valence-corrected chi connectivity index (χ2v) is 10.4. The van der Waals surface area contributed by atoms with E-state index in [1.54, 1.807) is 31.9 Å². The molecule has 0 unspecified atom stereocenters. The van der Waals surface area contributed by atoms with E-state index in [4.69, 9.17) is 18.9 Å². The Hall–Kier alpha value is -2.77. The molecule has 0 bridgehead atoms. The van der Waals surface area contributed by atoms with Crippen molar-refractivity contribution in [2.45, 2.75) is 4.90 Å². The van der Waals surface area contributed by atoms with E-state index >= 15 is 0 Å². The molecule has 0 radical (unpaired) electrons. The highest BCUT2D eigenvalue weighted by Gasteiger charge is 2.24. The van der Waals surface area contributed by atoms with Crippen molar-refractivity contribution < 1.29 is 32.2 Å². The van der Waals surface area contributed by atoms with Gasteiger partial charge in [0.1, 0.15) is 17.0 Å².